The molecule has 1 aromatic rings. The predicted octanol–water partition coefficient (Wildman–Crippen LogP) is 3.71. The van der Waals surface area contributed by atoms with Gasteiger partial charge in [-0.05, 0) is 31.9 Å². The van der Waals surface area contributed by atoms with Crippen molar-refractivity contribution < 1.29 is 0 Å². The van der Waals surface area contributed by atoms with Crippen molar-refractivity contribution in [2.24, 2.45) is 0 Å². The molecule has 16 heavy (non-hydrogen) atoms. The Kier molecular flexibility index (Phi) is 6.17. The van der Waals surface area contributed by atoms with Gasteiger partial charge in [0.15, 0.2) is 0 Å². The molecule has 0 radical (unpaired) electrons. The molecule has 0 fully saturated rings. The van der Waals surface area contributed by atoms with Crippen molar-refractivity contribution in [3.8, 4) is 0 Å². The van der Waals surface area contributed by atoms with Crippen LogP contribution in [0.4, 0.5) is 0 Å². The minimum atomic E-state index is 0.645. The molecule has 1 unspecified atom stereocenters. The third-order valence-electron chi connectivity index (χ3n) is 2.96. The fourth-order valence-corrected chi connectivity index (χ4v) is 2.14. The normalized spacial score (nSPS) is 12.7. The first-order valence-corrected chi connectivity index (χ1v) is 6.55. The molecule has 0 saturated heterocycles. The van der Waals surface area contributed by atoms with Crippen LogP contribution in [0, 0.1) is 6.92 Å². The smallest absolute Gasteiger partial charge is 0.0107 e. The summed E-state index contributed by atoms with van der Waals surface area (Å²) in [4.78, 5) is 0. The number of hydrogen-bond acceptors (Lipinski definition) is 1. The summed E-state index contributed by atoms with van der Waals surface area (Å²) in [6, 6.07) is 9.51. The van der Waals surface area contributed by atoms with Gasteiger partial charge in [-0.15, -0.1) is 0 Å². The van der Waals surface area contributed by atoms with Gasteiger partial charge in [0.1, 0.15) is 0 Å². The number of unbranched alkanes of at least 4 members (excludes halogenated alkanes) is 1. The molecule has 0 aromatic heterocycles. The van der Waals surface area contributed by atoms with Crippen LogP contribution in [0.25, 0.3) is 0 Å². The summed E-state index contributed by atoms with van der Waals surface area (Å²) in [5.74, 6) is 0. The van der Waals surface area contributed by atoms with Crippen LogP contribution in [-0.2, 0) is 6.42 Å². The molecule has 1 nitrogen and oxygen atoms in total. The van der Waals surface area contributed by atoms with E-state index in [0.29, 0.717) is 6.04 Å². The van der Waals surface area contributed by atoms with E-state index in [1.807, 2.05) is 0 Å². The van der Waals surface area contributed by atoms with Crippen LogP contribution in [0.5, 0.6) is 0 Å². The number of aryl methyl sites for hydroxylation is 1. The Morgan fingerprint density at radius 2 is 2.06 bits per heavy atom. The first-order chi connectivity index (χ1) is 7.76. The summed E-state index contributed by atoms with van der Waals surface area (Å²) in [5, 5.41) is 3.59. The fraction of sp³-hybridized carbons (Fsp3) is 0.600. The summed E-state index contributed by atoms with van der Waals surface area (Å²) < 4.78 is 0. The van der Waals surface area contributed by atoms with Gasteiger partial charge in [0.05, 0.1) is 0 Å². The van der Waals surface area contributed by atoms with Gasteiger partial charge in [-0.2, -0.15) is 0 Å². The first-order valence-electron chi connectivity index (χ1n) is 6.55. The molecule has 1 atom stereocenters. The summed E-state index contributed by atoms with van der Waals surface area (Å²) in [6.07, 6.45) is 5.06. The molecular weight excluding hydrogens is 194 g/mol. The third-order valence-corrected chi connectivity index (χ3v) is 2.96. The molecule has 0 amide bonds. The molecule has 1 aromatic carbocycles. The Balaban J connectivity index is 2.52. The maximum atomic E-state index is 3.59. The van der Waals surface area contributed by atoms with Gasteiger partial charge in [0.2, 0.25) is 0 Å². The van der Waals surface area contributed by atoms with E-state index >= 15 is 0 Å². The Hall–Kier alpha value is -0.820. The van der Waals surface area contributed by atoms with Gasteiger partial charge in [0, 0.05) is 6.04 Å². The summed E-state index contributed by atoms with van der Waals surface area (Å²) in [7, 11) is 0. The summed E-state index contributed by atoms with van der Waals surface area (Å²) >= 11 is 0. The highest BCUT2D eigenvalue weighted by atomic mass is 14.9. The molecular formula is C15H25N. The predicted molar refractivity (Wildman–Crippen MR) is 71.9 cm³/mol. The topological polar surface area (TPSA) is 12.0 Å². The van der Waals surface area contributed by atoms with Crippen molar-refractivity contribution in [2.45, 2.75) is 52.5 Å². The number of hydrogen-bond donors (Lipinski definition) is 1. The number of rotatable bonds is 7. The van der Waals surface area contributed by atoms with Crippen molar-refractivity contribution in [3.63, 3.8) is 0 Å². The van der Waals surface area contributed by atoms with E-state index in [1.165, 1.54) is 30.4 Å². The molecule has 0 aliphatic heterocycles. The largest absolute Gasteiger partial charge is 0.314 e. The quantitative estimate of drug-likeness (QED) is 0.737. The van der Waals surface area contributed by atoms with E-state index in [-0.39, 0.29) is 0 Å². The van der Waals surface area contributed by atoms with Crippen molar-refractivity contribution in [1.82, 2.24) is 5.32 Å². The first kappa shape index (κ1) is 13.2. The molecule has 1 N–H and O–H groups in total. The Labute approximate surface area is 100 Å². The number of likely N-dealkylation sites (N-methyl/N-ethyl adjacent to an activating group) is 1. The number of benzene rings is 1. The molecule has 0 bridgehead atoms. The van der Waals surface area contributed by atoms with E-state index in [9.17, 15) is 0 Å². The lowest BCUT2D eigenvalue weighted by atomic mass is 10.00. The lowest BCUT2D eigenvalue weighted by Crippen LogP contribution is -2.30. The molecule has 0 heterocycles. The van der Waals surface area contributed by atoms with Gasteiger partial charge >= 0.3 is 0 Å². The average Bonchev–Trinajstić information content (AvgIpc) is 2.26. The van der Waals surface area contributed by atoms with Crippen molar-refractivity contribution >= 4 is 0 Å². The van der Waals surface area contributed by atoms with Gasteiger partial charge in [0.25, 0.3) is 0 Å². The van der Waals surface area contributed by atoms with Crippen LogP contribution >= 0.6 is 0 Å². The van der Waals surface area contributed by atoms with Gasteiger partial charge in [-0.25, -0.2) is 0 Å². The van der Waals surface area contributed by atoms with Crippen LogP contribution in [0.2, 0.25) is 0 Å². The second-order valence-electron chi connectivity index (χ2n) is 4.59. The molecule has 0 aliphatic rings. The van der Waals surface area contributed by atoms with Crippen LogP contribution in [-0.4, -0.2) is 12.6 Å². The molecule has 0 aliphatic carbocycles. The third kappa shape index (κ3) is 4.80. The maximum absolute atomic E-state index is 3.59. The highest BCUT2D eigenvalue weighted by Crippen LogP contribution is 2.10. The van der Waals surface area contributed by atoms with Crippen molar-refractivity contribution in [1.29, 1.82) is 0 Å². The van der Waals surface area contributed by atoms with Gasteiger partial charge in [-0.1, -0.05) is 56.5 Å². The second-order valence-corrected chi connectivity index (χ2v) is 4.59. The van der Waals surface area contributed by atoms with E-state index in [0.717, 1.165) is 13.0 Å². The average molecular weight is 219 g/mol. The molecule has 90 valence electrons. The highest BCUT2D eigenvalue weighted by Gasteiger charge is 2.07. The standard InChI is InChI=1S/C15H25N/c1-4-6-10-15(16-5-2)12-14-9-7-8-13(3)11-14/h7-9,11,15-16H,4-6,10,12H2,1-3H3. The van der Waals surface area contributed by atoms with Crippen molar-refractivity contribution in [3.05, 3.63) is 35.4 Å². The van der Waals surface area contributed by atoms with Crippen LogP contribution < -0.4 is 5.32 Å². The zero-order chi connectivity index (χ0) is 11.8. The van der Waals surface area contributed by atoms with E-state index in [1.54, 1.807) is 0 Å². The highest BCUT2D eigenvalue weighted by molar-refractivity contribution is 5.22. The van der Waals surface area contributed by atoms with Crippen LogP contribution in [0.1, 0.15) is 44.2 Å². The van der Waals surface area contributed by atoms with Crippen LogP contribution in [0.15, 0.2) is 24.3 Å². The molecule has 0 saturated carbocycles. The van der Waals surface area contributed by atoms with E-state index in [2.05, 4.69) is 50.4 Å². The van der Waals surface area contributed by atoms with Gasteiger partial charge in [-0.3, -0.25) is 0 Å². The number of nitrogens with one attached hydrogen (secondary N) is 1. The lowest BCUT2D eigenvalue weighted by Gasteiger charge is -2.17. The molecule has 1 heteroatoms. The Morgan fingerprint density at radius 1 is 1.25 bits per heavy atom. The second kappa shape index (κ2) is 7.45. The molecule has 0 spiro atoms. The van der Waals surface area contributed by atoms with Gasteiger partial charge < -0.3 is 5.32 Å². The fourth-order valence-electron chi connectivity index (χ4n) is 2.14. The summed E-state index contributed by atoms with van der Waals surface area (Å²) in [5.41, 5.74) is 2.82. The SMILES string of the molecule is CCCCC(Cc1cccc(C)c1)NCC. The van der Waals surface area contributed by atoms with E-state index in [4.69, 9.17) is 0 Å². The lowest BCUT2D eigenvalue weighted by molar-refractivity contribution is 0.473. The van der Waals surface area contributed by atoms with E-state index < -0.39 is 0 Å². The zero-order valence-electron chi connectivity index (χ0n) is 10.9. The Bertz CT molecular complexity index is 293. The Morgan fingerprint density at radius 3 is 2.69 bits per heavy atom. The maximum Gasteiger partial charge on any atom is 0.0107 e. The minimum absolute atomic E-state index is 0.645. The minimum Gasteiger partial charge on any atom is -0.314 e. The summed E-state index contributed by atoms with van der Waals surface area (Å²) in [6.45, 7) is 7.68. The zero-order valence-corrected chi connectivity index (χ0v) is 10.9. The monoisotopic (exact) mass is 219 g/mol. The van der Waals surface area contributed by atoms with Crippen molar-refractivity contribution in [2.75, 3.05) is 6.54 Å². The van der Waals surface area contributed by atoms with Crippen LogP contribution in [0.3, 0.4) is 0 Å². The molecule has 1 rings (SSSR count).